The highest BCUT2D eigenvalue weighted by atomic mass is 127. The summed E-state index contributed by atoms with van der Waals surface area (Å²) in [5.74, 6) is 0.547. The summed E-state index contributed by atoms with van der Waals surface area (Å²) in [5.41, 5.74) is 7.59. The zero-order valence-corrected chi connectivity index (χ0v) is 13.1. The van der Waals surface area contributed by atoms with Gasteiger partial charge in [0.25, 0.3) is 0 Å². The van der Waals surface area contributed by atoms with Gasteiger partial charge >= 0.3 is 0 Å². The minimum Gasteiger partial charge on any atom is -0.455 e. The molecule has 0 bridgehead atoms. The maximum atomic E-state index is 12.4. The third-order valence-corrected chi connectivity index (χ3v) is 4.18. The third-order valence-electron chi connectivity index (χ3n) is 2.97. The van der Waals surface area contributed by atoms with Crippen LogP contribution in [0.3, 0.4) is 0 Å². The lowest BCUT2D eigenvalue weighted by Crippen LogP contribution is -2.07. The number of nitrogens with two attached hydrogens (primary N) is 1. The van der Waals surface area contributed by atoms with Crippen LogP contribution in [0.2, 0.25) is 5.02 Å². The standard InChI is InChI=1S/C15H9ClINO2/c16-9-3-6-12-11(7-9)14(19)13(17)15(20-12)8-1-4-10(18)5-2-8/h1-7H,18H2. The Morgan fingerprint density at radius 3 is 2.50 bits per heavy atom. The van der Waals surface area contributed by atoms with Crippen molar-refractivity contribution in [3.8, 4) is 11.3 Å². The quantitative estimate of drug-likeness (QED) is 0.492. The topological polar surface area (TPSA) is 56.2 Å². The van der Waals surface area contributed by atoms with Crippen molar-refractivity contribution in [3.63, 3.8) is 0 Å². The fourth-order valence-corrected chi connectivity index (χ4v) is 2.85. The van der Waals surface area contributed by atoms with Crippen LogP contribution in [-0.2, 0) is 0 Å². The second kappa shape index (κ2) is 5.10. The number of rotatable bonds is 1. The first-order valence-electron chi connectivity index (χ1n) is 5.84. The van der Waals surface area contributed by atoms with Crippen LogP contribution in [0.15, 0.2) is 51.7 Å². The summed E-state index contributed by atoms with van der Waals surface area (Å²) in [6, 6.07) is 12.2. The van der Waals surface area contributed by atoms with Crippen molar-refractivity contribution >= 4 is 50.8 Å². The summed E-state index contributed by atoms with van der Waals surface area (Å²) in [7, 11) is 0. The zero-order valence-electron chi connectivity index (χ0n) is 10.2. The molecule has 5 heteroatoms. The van der Waals surface area contributed by atoms with Gasteiger partial charge < -0.3 is 10.2 Å². The monoisotopic (exact) mass is 397 g/mol. The van der Waals surface area contributed by atoms with Gasteiger partial charge in [0.15, 0.2) is 5.76 Å². The van der Waals surface area contributed by atoms with Gasteiger partial charge in [0, 0.05) is 16.3 Å². The summed E-state index contributed by atoms with van der Waals surface area (Å²) in [4.78, 5) is 12.4. The largest absolute Gasteiger partial charge is 0.455 e. The first-order valence-corrected chi connectivity index (χ1v) is 7.30. The Kier molecular flexibility index (Phi) is 3.43. The Morgan fingerprint density at radius 2 is 1.80 bits per heavy atom. The molecule has 0 saturated heterocycles. The maximum Gasteiger partial charge on any atom is 0.206 e. The molecule has 1 heterocycles. The molecule has 2 N–H and O–H groups in total. The Labute approximate surface area is 133 Å². The molecule has 0 atom stereocenters. The fraction of sp³-hybridized carbons (Fsp3) is 0. The van der Waals surface area contributed by atoms with E-state index in [1.54, 1.807) is 30.3 Å². The highest BCUT2D eigenvalue weighted by molar-refractivity contribution is 14.1. The van der Waals surface area contributed by atoms with Crippen LogP contribution in [-0.4, -0.2) is 0 Å². The summed E-state index contributed by atoms with van der Waals surface area (Å²) in [5, 5.41) is 1.00. The summed E-state index contributed by atoms with van der Waals surface area (Å²) in [6.07, 6.45) is 0. The molecule has 0 saturated carbocycles. The lowest BCUT2D eigenvalue weighted by molar-refractivity contribution is 0.615. The molecule has 3 rings (SSSR count). The molecule has 0 aliphatic rings. The van der Waals surface area contributed by atoms with Gasteiger partial charge in [-0.2, -0.15) is 0 Å². The van der Waals surface area contributed by atoms with Crippen LogP contribution in [0.5, 0.6) is 0 Å². The van der Waals surface area contributed by atoms with Crippen LogP contribution in [0.4, 0.5) is 5.69 Å². The predicted octanol–water partition coefficient (Wildman–Crippen LogP) is 4.30. The summed E-state index contributed by atoms with van der Waals surface area (Å²) in [6.45, 7) is 0. The lowest BCUT2D eigenvalue weighted by Gasteiger charge is -2.06. The predicted molar refractivity (Wildman–Crippen MR) is 90.1 cm³/mol. The van der Waals surface area contributed by atoms with E-state index in [2.05, 4.69) is 0 Å². The van der Waals surface area contributed by atoms with Gasteiger partial charge in [0.05, 0.1) is 5.39 Å². The van der Waals surface area contributed by atoms with Crippen molar-refractivity contribution < 1.29 is 4.42 Å². The molecule has 0 spiro atoms. The van der Waals surface area contributed by atoms with Gasteiger partial charge in [-0.05, 0) is 65.1 Å². The number of fused-ring (bicyclic) bond motifs is 1. The number of hydrogen-bond acceptors (Lipinski definition) is 3. The molecular weight excluding hydrogens is 389 g/mol. The minimum atomic E-state index is -0.0822. The van der Waals surface area contributed by atoms with Gasteiger partial charge in [0.2, 0.25) is 5.43 Å². The second-order valence-electron chi connectivity index (χ2n) is 4.34. The average molecular weight is 398 g/mol. The maximum absolute atomic E-state index is 12.4. The molecule has 0 fully saturated rings. The molecule has 0 radical (unpaired) electrons. The van der Waals surface area contributed by atoms with E-state index in [1.165, 1.54) is 0 Å². The molecule has 1 aromatic heterocycles. The Morgan fingerprint density at radius 1 is 1.10 bits per heavy atom. The molecule has 100 valence electrons. The van der Waals surface area contributed by atoms with Crippen molar-refractivity contribution in [2.45, 2.75) is 0 Å². The van der Waals surface area contributed by atoms with E-state index in [9.17, 15) is 4.79 Å². The van der Waals surface area contributed by atoms with E-state index in [4.69, 9.17) is 21.8 Å². The Bertz CT molecular complexity index is 856. The number of halogens is 2. The van der Waals surface area contributed by atoms with E-state index in [-0.39, 0.29) is 5.43 Å². The van der Waals surface area contributed by atoms with Gasteiger partial charge in [-0.25, -0.2) is 0 Å². The number of anilines is 1. The number of nitrogen functional groups attached to an aromatic ring is 1. The van der Waals surface area contributed by atoms with E-state index < -0.39 is 0 Å². The van der Waals surface area contributed by atoms with Crippen LogP contribution in [0.1, 0.15) is 0 Å². The van der Waals surface area contributed by atoms with Crippen LogP contribution in [0.25, 0.3) is 22.3 Å². The molecular formula is C15H9ClINO2. The highest BCUT2D eigenvalue weighted by Crippen LogP contribution is 2.28. The lowest BCUT2D eigenvalue weighted by atomic mass is 10.1. The van der Waals surface area contributed by atoms with Crippen LogP contribution in [0, 0.1) is 3.57 Å². The molecule has 0 unspecified atom stereocenters. The van der Waals surface area contributed by atoms with Gasteiger partial charge in [-0.15, -0.1) is 0 Å². The van der Waals surface area contributed by atoms with E-state index in [1.807, 2.05) is 34.7 Å². The first kappa shape index (κ1) is 13.5. The normalized spacial score (nSPS) is 10.9. The minimum absolute atomic E-state index is 0.0822. The van der Waals surface area contributed by atoms with Crippen LogP contribution < -0.4 is 11.2 Å². The third kappa shape index (κ3) is 2.29. The van der Waals surface area contributed by atoms with Crippen molar-refractivity contribution in [2.75, 3.05) is 5.73 Å². The van der Waals surface area contributed by atoms with E-state index in [0.717, 1.165) is 5.56 Å². The molecule has 0 aliphatic heterocycles. The molecule has 0 aliphatic carbocycles. The van der Waals surface area contributed by atoms with Gasteiger partial charge in [0.1, 0.15) is 9.15 Å². The van der Waals surface area contributed by atoms with Crippen LogP contribution >= 0.6 is 34.2 Å². The van der Waals surface area contributed by atoms with Crippen molar-refractivity contribution in [1.82, 2.24) is 0 Å². The number of benzene rings is 2. The van der Waals surface area contributed by atoms with Crippen molar-refractivity contribution in [2.24, 2.45) is 0 Å². The molecule has 20 heavy (non-hydrogen) atoms. The van der Waals surface area contributed by atoms with Gasteiger partial charge in [-0.3, -0.25) is 4.79 Å². The smallest absolute Gasteiger partial charge is 0.206 e. The SMILES string of the molecule is Nc1ccc(-c2oc3ccc(Cl)cc3c(=O)c2I)cc1. The summed E-state index contributed by atoms with van der Waals surface area (Å²) >= 11 is 7.92. The Balaban J connectivity index is 2.32. The second-order valence-corrected chi connectivity index (χ2v) is 5.85. The van der Waals surface area contributed by atoms with Gasteiger partial charge in [-0.1, -0.05) is 11.6 Å². The van der Waals surface area contributed by atoms with Crippen molar-refractivity contribution in [3.05, 3.63) is 61.3 Å². The first-order chi connectivity index (χ1) is 9.56. The Hall–Kier alpha value is -1.53. The summed E-state index contributed by atoms with van der Waals surface area (Å²) < 4.78 is 6.38. The number of hydrogen-bond donors (Lipinski definition) is 1. The zero-order chi connectivity index (χ0) is 14.3. The highest BCUT2D eigenvalue weighted by Gasteiger charge is 2.14. The molecule has 3 nitrogen and oxygen atoms in total. The molecule has 2 aromatic carbocycles. The molecule has 3 aromatic rings. The fourth-order valence-electron chi connectivity index (χ4n) is 1.96. The van der Waals surface area contributed by atoms with E-state index >= 15 is 0 Å². The van der Waals surface area contributed by atoms with Crippen molar-refractivity contribution in [1.29, 1.82) is 0 Å². The average Bonchev–Trinajstić information content (AvgIpc) is 2.44. The molecule has 0 amide bonds. The van der Waals surface area contributed by atoms with E-state index in [0.29, 0.717) is 31.0 Å².